The van der Waals surface area contributed by atoms with E-state index < -0.39 is 0 Å². The Balaban J connectivity index is 1.73. The fraction of sp³-hybridized carbons (Fsp3) is 0.176. The molecule has 116 valence electrons. The number of aromatic nitrogens is 3. The molecule has 6 heteroatoms. The lowest BCUT2D eigenvalue weighted by molar-refractivity contribution is 0.430. The van der Waals surface area contributed by atoms with E-state index in [-0.39, 0.29) is 17.9 Å². The highest BCUT2D eigenvalue weighted by molar-refractivity contribution is 6.30. The Labute approximate surface area is 137 Å². The Morgan fingerprint density at radius 3 is 2.74 bits per heavy atom. The van der Waals surface area contributed by atoms with Crippen molar-refractivity contribution in [2.45, 2.75) is 18.5 Å². The average molecular weight is 329 g/mol. The lowest BCUT2D eigenvalue weighted by Crippen LogP contribution is -2.28. The molecule has 0 aliphatic carbocycles. The topological polar surface area (TPSA) is 42.7 Å². The van der Waals surface area contributed by atoms with Crippen LogP contribution in [0, 0.1) is 5.82 Å². The third-order valence-electron chi connectivity index (χ3n) is 4.14. The minimum atomic E-state index is -0.237. The standard InChI is InChI=1S/C17H14ClFN4/c18-13-3-1-2-12(8-13)16-9-15(11-4-6-14(19)7-5-11)22-17-20-10-21-23(16)17/h1-8,10,15-16H,9H2,(H,20,21,22)/t15-,16+/m0/s1. The van der Waals surface area contributed by atoms with Crippen LogP contribution in [0.1, 0.15) is 29.6 Å². The van der Waals surface area contributed by atoms with Crippen LogP contribution in [0.25, 0.3) is 0 Å². The first-order valence-electron chi connectivity index (χ1n) is 7.38. The first-order chi connectivity index (χ1) is 11.2. The van der Waals surface area contributed by atoms with Crippen molar-refractivity contribution in [3.05, 3.63) is 76.8 Å². The average Bonchev–Trinajstić information content (AvgIpc) is 3.03. The van der Waals surface area contributed by atoms with Gasteiger partial charge in [-0.05, 0) is 41.8 Å². The van der Waals surface area contributed by atoms with E-state index in [1.54, 1.807) is 12.1 Å². The predicted molar refractivity (Wildman–Crippen MR) is 87.0 cm³/mol. The summed E-state index contributed by atoms with van der Waals surface area (Å²) >= 11 is 6.13. The van der Waals surface area contributed by atoms with Crippen molar-refractivity contribution < 1.29 is 4.39 Å². The number of rotatable bonds is 2. The van der Waals surface area contributed by atoms with Gasteiger partial charge in [-0.1, -0.05) is 35.9 Å². The normalized spacial score (nSPS) is 19.9. The molecule has 4 nitrogen and oxygen atoms in total. The van der Waals surface area contributed by atoms with Crippen LogP contribution in [-0.2, 0) is 0 Å². The largest absolute Gasteiger partial charge is 0.348 e. The molecular weight excluding hydrogens is 315 g/mol. The first-order valence-corrected chi connectivity index (χ1v) is 7.75. The van der Waals surface area contributed by atoms with Crippen LogP contribution >= 0.6 is 11.6 Å². The molecule has 23 heavy (non-hydrogen) atoms. The van der Waals surface area contributed by atoms with Crippen molar-refractivity contribution in [2.75, 3.05) is 5.32 Å². The van der Waals surface area contributed by atoms with Crippen LogP contribution in [0.2, 0.25) is 5.02 Å². The SMILES string of the molecule is Fc1ccc([C@@H]2C[C@H](c3cccc(Cl)c3)n3ncnc3N2)cc1. The van der Waals surface area contributed by atoms with Crippen LogP contribution < -0.4 is 5.32 Å². The number of nitrogens with zero attached hydrogens (tertiary/aromatic N) is 3. The number of anilines is 1. The molecule has 1 N–H and O–H groups in total. The van der Waals surface area contributed by atoms with E-state index in [9.17, 15) is 4.39 Å². The maximum atomic E-state index is 13.2. The molecule has 0 saturated carbocycles. The molecule has 2 atom stereocenters. The molecule has 0 fully saturated rings. The molecular formula is C17H14ClFN4. The van der Waals surface area contributed by atoms with Gasteiger partial charge in [0.05, 0.1) is 12.1 Å². The zero-order chi connectivity index (χ0) is 15.8. The summed E-state index contributed by atoms with van der Waals surface area (Å²) in [6.45, 7) is 0. The number of nitrogens with one attached hydrogen (secondary N) is 1. The molecule has 3 aromatic rings. The molecule has 0 radical (unpaired) electrons. The Morgan fingerprint density at radius 1 is 1.13 bits per heavy atom. The minimum Gasteiger partial charge on any atom is -0.348 e. The van der Waals surface area contributed by atoms with Crippen molar-refractivity contribution in [1.82, 2.24) is 14.8 Å². The van der Waals surface area contributed by atoms with Gasteiger partial charge in [-0.25, -0.2) is 9.07 Å². The van der Waals surface area contributed by atoms with Crippen molar-refractivity contribution >= 4 is 17.5 Å². The third-order valence-corrected chi connectivity index (χ3v) is 4.37. The van der Waals surface area contributed by atoms with E-state index in [0.717, 1.165) is 17.5 Å². The summed E-state index contributed by atoms with van der Waals surface area (Å²) in [4.78, 5) is 4.28. The molecule has 0 amide bonds. The second-order valence-electron chi connectivity index (χ2n) is 5.58. The summed E-state index contributed by atoms with van der Waals surface area (Å²) in [7, 11) is 0. The first kappa shape index (κ1) is 14.2. The van der Waals surface area contributed by atoms with Gasteiger partial charge in [0.2, 0.25) is 5.95 Å². The lowest BCUT2D eigenvalue weighted by atomic mass is 9.93. The molecule has 1 aromatic heterocycles. The second-order valence-corrected chi connectivity index (χ2v) is 6.02. The van der Waals surface area contributed by atoms with Gasteiger partial charge in [-0.2, -0.15) is 10.1 Å². The Bertz CT molecular complexity index is 831. The van der Waals surface area contributed by atoms with Crippen LogP contribution in [0.4, 0.5) is 10.3 Å². The highest BCUT2D eigenvalue weighted by Gasteiger charge is 2.29. The third kappa shape index (κ3) is 2.68. The highest BCUT2D eigenvalue weighted by atomic mass is 35.5. The second kappa shape index (κ2) is 5.66. The van der Waals surface area contributed by atoms with Gasteiger partial charge in [-0.3, -0.25) is 0 Å². The number of fused-ring (bicyclic) bond motifs is 1. The summed E-state index contributed by atoms with van der Waals surface area (Å²) < 4.78 is 15.0. The van der Waals surface area contributed by atoms with Crippen LogP contribution in [0.3, 0.4) is 0 Å². The maximum Gasteiger partial charge on any atom is 0.222 e. The Hall–Kier alpha value is -2.40. The summed E-state index contributed by atoms with van der Waals surface area (Å²) in [5.74, 6) is 0.467. The molecule has 1 aliphatic heterocycles. The van der Waals surface area contributed by atoms with Crippen molar-refractivity contribution in [1.29, 1.82) is 0 Å². The van der Waals surface area contributed by atoms with E-state index in [1.165, 1.54) is 18.5 Å². The summed E-state index contributed by atoms with van der Waals surface area (Å²) in [6, 6.07) is 14.4. The Morgan fingerprint density at radius 2 is 1.96 bits per heavy atom. The summed E-state index contributed by atoms with van der Waals surface area (Å²) in [5, 5.41) is 8.38. The zero-order valence-electron chi connectivity index (χ0n) is 12.2. The molecule has 0 unspecified atom stereocenters. The molecule has 2 aromatic carbocycles. The maximum absolute atomic E-state index is 13.2. The van der Waals surface area contributed by atoms with Crippen LogP contribution in [0.5, 0.6) is 0 Å². The van der Waals surface area contributed by atoms with E-state index in [2.05, 4.69) is 15.4 Å². The fourth-order valence-electron chi connectivity index (χ4n) is 3.02. The molecule has 0 saturated heterocycles. The van der Waals surface area contributed by atoms with Gasteiger partial charge in [0.25, 0.3) is 0 Å². The molecule has 0 spiro atoms. The summed E-state index contributed by atoms with van der Waals surface area (Å²) in [5.41, 5.74) is 2.10. The van der Waals surface area contributed by atoms with Crippen molar-refractivity contribution in [2.24, 2.45) is 0 Å². The van der Waals surface area contributed by atoms with E-state index in [4.69, 9.17) is 11.6 Å². The van der Waals surface area contributed by atoms with Crippen LogP contribution in [0.15, 0.2) is 54.9 Å². The molecule has 0 bridgehead atoms. The highest BCUT2D eigenvalue weighted by Crippen LogP contribution is 2.37. The van der Waals surface area contributed by atoms with Gasteiger partial charge >= 0.3 is 0 Å². The zero-order valence-corrected chi connectivity index (χ0v) is 12.9. The number of benzene rings is 2. The summed E-state index contributed by atoms with van der Waals surface area (Å²) in [6.07, 6.45) is 2.31. The lowest BCUT2D eigenvalue weighted by Gasteiger charge is -2.31. The van der Waals surface area contributed by atoms with Gasteiger partial charge in [0.1, 0.15) is 12.1 Å². The van der Waals surface area contributed by atoms with Gasteiger partial charge in [-0.15, -0.1) is 0 Å². The molecule has 4 rings (SSSR count). The molecule has 1 aliphatic rings. The smallest absolute Gasteiger partial charge is 0.222 e. The fourth-order valence-corrected chi connectivity index (χ4v) is 3.22. The minimum absolute atomic E-state index is 0.0301. The Kier molecular flexibility index (Phi) is 3.50. The van der Waals surface area contributed by atoms with Crippen molar-refractivity contribution in [3.8, 4) is 0 Å². The van der Waals surface area contributed by atoms with E-state index in [1.807, 2.05) is 28.9 Å². The predicted octanol–water partition coefficient (Wildman–Crippen LogP) is 4.22. The monoisotopic (exact) mass is 328 g/mol. The van der Waals surface area contributed by atoms with E-state index >= 15 is 0 Å². The van der Waals surface area contributed by atoms with Gasteiger partial charge < -0.3 is 5.32 Å². The van der Waals surface area contributed by atoms with Crippen molar-refractivity contribution in [3.63, 3.8) is 0 Å². The number of halogens is 2. The quantitative estimate of drug-likeness (QED) is 0.766. The number of hydrogen-bond donors (Lipinski definition) is 1. The van der Waals surface area contributed by atoms with Crippen LogP contribution in [-0.4, -0.2) is 14.8 Å². The van der Waals surface area contributed by atoms with Gasteiger partial charge in [0, 0.05) is 5.02 Å². The van der Waals surface area contributed by atoms with Gasteiger partial charge in [0.15, 0.2) is 0 Å². The van der Waals surface area contributed by atoms with E-state index in [0.29, 0.717) is 11.0 Å². The number of hydrogen-bond acceptors (Lipinski definition) is 3. The molecule has 2 heterocycles.